The highest BCUT2D eigenvalue weighted by Gasteiger charge is 2.24. The van der Waals surface area contributed by atoms with Gasteiger partial charge in [0.2, 0.25) is 11.8 Å². The van der Waals surface area contributed by atoms with Crippen LogP contribution in [0.3, 0.4) is 0 Å². The molecule has 0 spiro atoms. The van der Waals surface area contributed by atoms with Crippen LogP contribution in [0, 0.1) is 0 Å². The maximum absolute atomic E-state index is 12.5. The van der Waals surface area contributed by atoms with Gasteiger partial charge in [0.25, 0.3) is 0 Å². The average molecular weight is 367 g/mol. The number of hydrogen-bond donors (Lipinski definition) is 2. The van der Waals surface area contributed by atoms with Crippen LogP contribution in [0.15, 0.2) is 54.6 Å². The number of nitrogens with two attached hydrogens (primary N) is 1. The highest BCUT2D eigenvalue weighted by Crippen LogP contribution is 2.24. The summed E-state index contributed by atoms with van der Waals surface area (Å²) >= 11 is 0. The van der Waals surface area contributed by atoms with E-state index in [9.17, 15) is 9.59 Å². The van der Waals surface area contributed by atoms with E-state index in [2.05, 4.69) is 5.32 Å². The molecule has 0 bridgehead atoms. The number of hydrogen-bond acceptors (Lipinski definition) is 4. The number of primary amides is 1. The Balaban J connectivity index is 1.62. The van der Waals surface area contributed by atoms with Gasteiger partial charge in [0.1, 0.15) is 17.9 Å². The molecule has 1 heterocycles. The quantitative estimate of drug-likeness (QED) is 0.810. The molecule has 6 heteroatoms. The first kappa shape index (κ1) is 18.9. The molecule has 6 nitrogen and oxygen atoms in total. The summed E-state index contributed by atoms with van der Waals surface area (Å²) in [5.74, 6) is 0.0958. The van der Waals surface area contributed by atoms with Gasteiger partial charge in [-0.1, -0.05) is 48.5 Å². The van der Waals surface area contributed by atoms with Gasteiger partial charge in [-0.15, -0.1) is 0 Å². The fourth-order valence-corrected chi connectivity index (χ4v) is 3.31. The van der Waals surface area contributed by atoms with E-state index in [0.29, 0.717) is 19.5 Å². The molecule has 3 rings (SSSR count). The second-order valence-electron chi connectivity index (χ2n) is 6.92. The Hall–Kier alpha value is -2.86. The van der Waals surface area contributed by atoms with Gasteiger partial charge >= 0.3 is 0 Å². The predicted molar refractivity (Wildman–Crippen MR) is 103 cm³/mol. The number of para-hydroxylation sites is 1. The number of carbonyl (C=O) groups is 2. The third-order valence-electron chi connectivity index (χ3n) is 4.54. The highest BCUT2D eigenvalue weighted by molar-refractivity contribution is 5.87. The fraction of sp³-hybridized carbons (Fsp3) is 0.333. The van der Waals surface area contributed by atoms with Crippen LogP contribution in [0.4, 0.5) is 0 Å². The summed E-state index contributed by atoms with van der Waals surface area (Å²) in [6, 6.07) is 16.6. The molecule has 1 aliphatic rings. The molecular formula is C21H25N3O3. The van der Waals surface area contributed by atoms with E-state index in [1.165, 1.54) is 0 Å². The van der Waals surface area contributed by atoms with Crippen LogP contribution >= 0.6 is 0 Å². The van der Waals surface area contributed by atoms with Gasteiger partial charge in [-0.3, -0.25) is 14.5 Å². The third-order valence-corrected chi connectivity index (χ3v) is 4.54. The maximum Gasteiger partial charge on any atom is 0.240 e. The van der Waals surface area contributed by atoms with Gasteiger partial charge in [0.15, 0.2) is 0 Å². The first-order valence-electron chi connectivity index (χ1n) is 9.11. The summed E-state index contributed by atoms with van der Waals surface area (Å²) in [6.45, 7) is 3.41. The number of benzene rings is 2. The first-order chi connectivity index (χ1) is 13.0. The Morgan fingerprint density at radius 2 is 1.89 bits per heavy atom. The molecule has 2 amide bonds. The monoisotopic (exact) mass is 367 g/mol. The van der Waals surface area contributed by atoms with Crippen molar-refractivity contribution in [3.8, 4) is 5.75 Å². The van der Waals surface area contributed by atoms with Gasteiger partial charge in [0.05, 0.1) is 6.54 Å². The number of amides is 2. The molecule has 1 aliphatic heterocycles. The minimum absolute atomic E-state index is 0.0299. The van der Waals surface area contributed by atoms with Crippen LogP contribution in [0.5, 0.6) is 5.75 Å². The van der Waals surface area contributed by atoms with Crippen LogP contribution in [0.25, 0.3) is 0 Å². The minimum atomic E-state index is -0.729. The van der Waals surface area contributed by atoms with Crippen molar-refractivity contribution in [2.75, 3.05) is 13.1 Å². The van der Waals surface area contributed by atoms with Crippen molar-refractivity contribution in [2.24, 2.45) is 5.73 Å². The smallest absolute Gasteiger partial charge is 0.240 e. The molecule has 0 unspecified atom stereocenters. The highest BCUT2D eigenvalue weighted by atomic mass is 16.5. The molecule has 0 aromatic heterocycles. The SMILES string of the molecule is C[C@H]1CN(CC(=O)N[C@@H](Cc2ccccc2)C(N)=O)Cc2ccccc2O1. The Bertz CT molecular complexity index is 794. The Kier molecular flexibility index (Phi) is 6.08. The van der Waals surface area contributed by atoms with Crippen LogP contribution in [-0.2, 0) is 22.6 Å². The lowest BCUT2D eigenvalue weighted by Gasteiger charge is -2.23. The lowest BCUT2D eigenvalue weighted by molar-refractivity contribution is -0.128. The van der Waals surface area contributed by atoms with Gasteiger partial charge in [0, 0.05) is 25.1 Å². The molecular weight excluding hydrogens is 342 g/mol. The van der Waals surface area contributed by atoms with Crippen molar-refractivity contribution >= 4 is 11.8 Å². The molecule has 2 aromatic rings. The normalized spacial score (nSPS) is 17.9. The zero-order chi connectivity index (χ0) is 19.2. The molecule has 2 atom stereocenters. The molecule has 0 saturated heterocycles. The van der Waals surface area contributed by atoms with E-state index in [0.717, 1.165) is 16.9 Å². The summed E-state index contributed by atoms with van der Waals surface area (Å²) in [4.78, 5) is 26.3. The average Bonchev–Trinajstić information content (AvgIpc) is 2.79. The molecule has 142 valence electrons. The molecule has 0 fully saturated rings. The fourth-order valence-electron chi connectivity index (χ4n) is 3.31. The van der Waals surface area contributed by atoms with Crippen molar-refractivity contribution < 1.29 is 14.3 Å². The number of nitrogens with one attached hydrogen (secondary N) is 1. The second-order valence-corrected chi connectivity index (χ2v) is 6.92. The Morgan fingerprint density at radius 3 is 2.63 bits per heavy atom. The van der Waals surface area contributed by atoms with E-state index in [1.807, 2.05) is 66.4 Å². The Labute approximate surface area is 159 Å². The van der Waals surface area contributed by atoms with Crippen LogP contribution in [0.1, 0.15) is 18.1 Å². The van der Waals surface area contributed by atoms with E-state index < -0.39 is 11.9 Å². The van der Waals surface area contributed by atoms with Crippen molar-refractivity contribution in [1.82, 2.24) is 10.2 Å². The zero-order valence-corrected chi connectivity index (χ0v) is 15.4. The van der Waals surface area contributed by atoms with Gasteiger partial charge in [-0.05, 0) is 18.6 Å². The number of carbonyl (C=O) groups excluding carboxylic acids is 2. The summed E-state index contributed by atoms with van der Waals surface area (Å²) < 4.78 is 5.92. The Morgan fingerprint density at radius 1 is 1.19 bits per heavy atom. The van der Waals surface area contributed by atoms with Crippen LogP contribution in [0.2, 0.25) is 0 Å². The number of fused-ring (bicyclic) bond motifs is 1. The lowest BCUT2D eigenvalue weighted by atomic mass is 10.1. The predicted octanol–water partition coefficient (Wildman–Crippen LogP) is 1.48. The van der Waals surface area contributed by atoms with Crippen molar-refractivity contribution in [1.29, 1.82) is 0 Å². The molecule has 2 aromatic carbocycles. The third kappa shape index (κ3) is 5.31. The summed E-state index contributed by atoms with van der Waals surface area (Å²) in [6.07, 6.45) is 0.349. The van der Waals surface area contributed by atoms with Crippen LogP contribution in [-0.4, -0.2) is 41.9 Å². The van der Waals surface area contributed by atoms with Crippen molar-refractivity contribution in [2.45, 2.75) is 32.0 Å². The minimum Gasteiger partial charge on any atom is -0.489 e. The van der Waals surface area contributed by atoms with Gasteiger partial charge in [-0.25, -0.2) is 0 Å². The first-order valence-corrected chi connectivity index (χ1v) is 9.11. The number of rotatable bonds is 6. The van der Waals surface area contributed by atoms with Crippen molar-refractivity contribution in [3.63, 3.8) is 0 Å². The second kappa shape index (κ2) is 8.68. The molecule has 3 N–H and O–H groups in total. The summed E-state index contributed by atoms with van der Waals surface area (Å²) in [7, 11) is 0. The summed E-state index contributed by atoms with van der Waals surface area (Å²) in [5.41, 5.74) is 7.49. The van der Waals surface area contributed by atoms with E-state index in [1.54, 1.807) is 0 Å². The summed E-state index contributed by atoms with van der Waals surface area (Å²) in [5, 5.41) is 2.78. The molecule has 0 saturated carbocycles. The zero-order valence-electron chi connectivity index (χ0n) is 15.4. The topological polar surface area (TPSA) is 84.7 Å². The van der Waals surface area contributed by atoms with E-state index >= 15 is 0 Å². The number of ether oxygens (including phenoxy) is 1. The molecule has 0 aliphatic carbocycles. The molecule has 0 radical (unpaired) electrons. The van der Waals surface area contributed by atoms with Gasteiger partial charge < -0.3 is 15.8 Å². The lowest BCUT2D eigenvalue weighted by Crippen LogP contribution is -2.49. The van der Waals surface area contributed by atoms with E-state index in [4.69, 9.17) is 10.5 Å². The number of nitrogens with zero attached hydrogens (tertiary/aromatic N) is 1. The van der Waals surface area contributed by atoms with Crippen molar-refractivity contribution in [3.05, 3.63) is 65.7 Å². The van der Waals surface area contributed by atoms with E-state index in [-0.39, 0.29) is 18.6 Å². The van der Waals surface area contributed by atoms with Crippen LogP contribution < -0.4 is 15.8 Å². The largest absolute Gasteiger partial charge is 0.489 e. The standard InChI is InChI=1S/C21H25N3O3/c1-15-12-24(13-17-9-5-6-10-19(17)27-15)14-20(25)23-18(21(22)26)11-16-7-3-2-4-8-16/h2-10,15,18H,11-14H2,1H3,(H2,22,26)(H,23,25)/t15-,18-/m0/s1. The maximum atomic E-state index is 12.5. The van der Waals surface area contributed by atoms with Gasteiger partial charge in [-0.2, -0.15) is 0 Å². The molecule has 27 heavy (non-hydrogen) atoms.